The van der Waals surface area contributed by atoms with Gasteiger partial charge in [-0.2, -0.15) is 0 Å². The van der Waals surface area contributed by atoms with Gasteiger partial charge in [-0.1, -0.05) is 47.1 Å². The van der Waals surface area contributed by atoms with Crippen molar-refractivity contribution in [2.24, 2.45) is 0 Å². The molecular formula is C25H34BrN3O4S. The standard InChI is InChI=1S/C25H34BrN3O4S/c1-7-19-11-13-22(14-12-19)29(34(6,32)33)17-23(30)28(16-20-9-8-10-21(26)15-20)18(2)24(31)27-25(3,4)5/h8-15,18H,7,16-17H2,1-6H3,(H,27,31). The second kappa shape index (κ2) is 11.4. The van der Waals surface area contributed by atoms with Crippen LogP contribution in [0, 0.1) is 0 Å². The maximum Gasteiger partial charge on any atom is 0.244 e. The van der Waals surface area contributed by atoms with E-state index in [4.69, 9.17) is 0 Å². The molecule has 7 nitrogen and oxygen atoms in total. The smallest absolute Gasteiger partial charge is 0.244 e. The van der Waals surface area contributed by atoms with Crippen LogP contribution < -0.4 is 9.62 Å². The molecule has 0 heterocycles. The van der Waals surface area contributed by atoms with Crippen molar-refractivity contribution in [2.75, 3.05) is 17.1 Å². The van der Waals surface area contributed by atoms with Gasteiger partial charge in [0, 0.05) is 16.6 Å². The Morgan fingerprint density at radius 2 is 1.68 bits per heavy atom. The second-order valence-corrected chi connectivity index (χ2v) is 12.2. The predicted octanol–water partition coefficient (Wildman–Crippen LogP) is 4.11. The van der Waals surface area contributed by atoms with E-state index in [-0.39, 0.29) is 12.5 Å². The Kier molecular flexibility index (Phi) is 9.30. The van der Waals surface area contributed by atoms with Crippen LogP contribution in [0.2, 0.25) is 0 Å². The highest BCUT2D eigenvalue weighted by molar-refractivity contribution is 9.10. The molecule has 1 N–H and O–H groups in total. The lowest BCUT2D eigenvalue weighted by atomic mass is 10.1. The summed E-state index contributed by atoms with van der Waals surface area (Å²) >= 11 is 3.43. The van der Waals surface area contributed by atoms with Gasteiger partial charge < -0.3 is 10.2 Å². The van der Waals surface area contributed by atoms with Crippen molar-refractivity contribution in [1.29, 1.82) is 0 Å². The molecule has 0 bridgehead atoms. The summed E-state index contributed by atoms with van der Waals surface area (Å²) in [5.41, 5.74) is 1.81. The minimum Gasteiger partial charge on any atom is -0.350 e. The highest BCUT2D eigenvalue weighted by atomic mass is 79.9. The van der Waals surface area contributed by atoms with E-state index in [1.807, 2.05) is 64.1 Å². The fourth-order valence-corrected chi connectivity index (χ4v) is 4.70. The fraction of sp³-hybridized carbons (Fsp3) is 0.440. The number of benzene rings is 2. The minimum absolute atomic E-state index is 0.156. The Bertz CT molecular complexity index is 1110. The Hall–Kier alpha value is -2.39. The summed E-state index contributed by atoms with van der Waals surface area (Å²) in [5.74, 6) is -0.782. The number of carbonyl (C=O) groups is 2. The molecule has 34 heavy (non-hydrogen) atoms. The van der Waals surface area contributed by atoms with Gasteiger partial charge in [-0.15, -0.1) is 0 Å². The van der Waals surface area contributed by atoms with Crippen molar-refractivity contribution in [3.63, 3.8) is 0 Å². The Balaban J connectivity index is 2.39. The first-order valence-corrected chi connectivity index (χ1v) is 13.8. The van der Waals surface area contributed by atoms with Crippen molar-refractivity contribution >= 4 is 43.5 Å². The number of hydrogen-bond donors (Lipinski definition) is 1. The van der Waals surface area contributed by atoms with Gasteiger partial charge in [0.25, 0.3) is 0 Å². The molecule has 186 valence electrons. The van der Waals surface area contributed by atoms with Gasteiger partial charge >= 0.3 is 0 Å². The van der Waals surface area contributed by atoms with Crippen LogP contribution in [-0.4, -0.2) is 49.5 Å². The summed E-state index contributed by atoms with van der Waals surface area (Å²) in [7, 11) is -3.74. The molecule has 2 amide bonds. The average molecular weight is 553 g/mol. The summed E-state index contributed by atoms with van der Waals surface area (Å²) in [6, 6.07) is 13.7. The molecule has 0 saturated heterocycles. The molecule has 0 fully saturated rings. The molecule has 1 atom stereocenters. The second-order valence-electron chi connectivity index (χ2n) is 9.36. The summed E-state index contributed by atoms with van der Waals surface area (Å²) in [4.78, 5) is 27.9. The van der Waals surface area contributed by atoms with Crippen LogP contribution in [0.25, 0.3) is 0 Å². The third-order valence-corrected chi connectivity index (χ3v) is 6.85. The fourth-order valence-electron chi connectivity index (χ4n) is 3.40. The van der Waals surface area contributed by atoms with E-state index in [2.05, 4.69) is 21.2 Å². The lowest BCUT2D eigenvalue weighted by molar-refractivity contribution is -0.140. The van der Waals surface area contributed by atoms with Crippen LogP contribution in [-0.2, 0) is 32.6 Å². The van der Waals surface area contributed by atoms with Crippen molar-refractivity contribution in [3.8, 4) is 0 Å². The van der Waals surface area contributed by atoms with Crippen LogP contribution in [0.1, 0.15) is 45.7 Å². The Labute approximate surface area is 211 Å². The molecule has 2 aromatic carbocycles. The predicted molar refractivity (Wildman–Crippen MR) is 140 cm³/mol. The number of hydrogen-bond acceptors (Lipinski definition) is 4. The Morgan fingerprint density at radius 3 is 2.18 bits per heavy atom. The number of aryl methyl sites for hydroxylation is 1. The summed E-state index contributed by atoms with van der Waals surface area (Å²) < 4.78 is 27.1. The first-order valence-electron chi connectivity index (χ1n) is 11.1. The van der Waals surface area contributed by atoms with E-state index in [0.717, 1.165) is 32.6 Å². The maximum atomic E-state index is 13.5. The van der Waals surface area contributed by atoms with Crippen molar-refractivity contribution in [2.45, 2.75) is 59.2 Å². The van der Waals surface area contributed by atoms with Crippen LogP contribution in [0.15, 0.2) is 53.0 Å². The molecule has 0 saturated carbocycles. The zero-order valence-electron chi connectivity index (χ0n) is 20.6. The topological polar surface area (TPSA) is 86.8 Å². The summed E-state index contributed by atoms with van der Waals surface area (Å²) in [6.45, 7) is 9.00. The number of nitrogens with one attached hydrogen (secondary N) is 1. The monoisotopic (exact) mass is 551 g/mol. The van der Waals surface area contributed by atoms with Gasteiger partial charge in [0.2, 0.25) is 21.8 Å². The van der Waals surface area contributed by atoms with Gasteiger partial charge in [0.05, 0.1) is 11.9 Å². The molecule has 0 spiro atoms. The number of sulfonamides is 1. The lowest BCUT2D eigenvalue weighted by Gasteiger charge is -2.33. The molecule has 9 heteroatoms. The minimum atomic E-state index is -3.74. The highest BCUT2D eigenvalue weighted by Gasteiger charge is 2.31. The van der Waals surface area contributed by atoms with E-state index in [0.29, 0.717) is 5.69 Å². The summed E-state index contributed by atoms with van der Waals surface area (Å²) in [5, 5.41) is 2.91. The van der Waals surface area contributed by atoms with E-state index in [9.17, 15) is 18.0 Å². The molecule has 0 aromatic heterocycles. The quantitative estimate of drug-likeness (QED) is 0.508. The number of anilines is 1. The van der Waals surface area contributed by atoms with E-state index in [1.54, 1.807) is 19.1 Å². The van der Waals surface area contributed by atoms with Gasteiger partial charge in [0.1, 0.15) is 12.6 Å². The number of halogens is 1. The first kappa shape index (κ1) is 27.9. The number of rotatable bonds is 9. The van der Waals surface area contributed by atoms with Crippen molar-refractivity contribution in [1.82, 2.24) is 10.2 Å². The molecule has 1 unspecified atom stereocenters. The van der Waals surface area contributed by atoms with E-state index < -0.39 is 34.1 Å². The van der Waals surface area contributed by atoms with E-state index in [1.165, 1.54) is 4.90 Å². The largest absolute Gasteiger partial charge is 0.350 e. The van der Waals surface area contributed by atoms with E-state index >= 15 is 0 Å². The van der Waals surface area contributed by atoms with Crippen molar-refractivity contribution < 1.29 is 18.0 Å². The number of amides is 2. The zero-order valence-corrected chi connectivity index (χ0v) is 23.0. The number of nitrogens with zero attached hydrogens (tertiary/aromatic N) is 2. The third kappa shape index (κ3) is 8.13. The Morgan fingerprint density at radius 1 is 1.06 bits per heavy atom. The van der Waals surface area contributed by atoms with Gasteiger partial charge in [0.15, 0.2) is 0 Å². The SMILES string of the molecule is CCc1ccc(N(CC(=O)N(Cc2cccc(Br)c2)C(C)C(=O)NC(C)(C)C)S(C)(=O)=O)cc1. The third-order valence-electron chi connectivity index (χ3n) is 5.22. The highest BCUT2D eigenvalue weighted by Crippen LogP contribution is 2.21. The lowest BCUT2D eigenvalue weighted by Crippen LogP contribution is -2.54. The van der Waals surface area contributed by atoms with Crippen molar-refractivity contribution in [3.05, 3.63) is 64.1 Å². The maximum absolute atomic E-state index is 13.5. The van der Waals surface area contributed by atoms with Crippen LogP contribution in [0.3, 0.4) is 0 Å². The zero-order chi connectivity index (χ0) is 25.7. The molecule has 2 aromatic rings. The molecule has 0 radical (unpaired) electrons. The summed E-state index contributed by atoms with van der Waals surface area (Å²) in [6.07, 6.45) is 1.89. The molecule has 0 aliphatic rings. The average Bonchev–Trinajstić information content (AvgIpc) is 2.73. The van der Waals surface area contributed by atoms with Crippen LogP contribution in [0.5, 0.6) is 0 Å². The molecule has 2 rings (SSSR count). The normalized spacial score (nSPS) is 12.7. The first-order chi connectivity index (χ1) is 15.7. The molecule has 0 aliphatic heterocycles. The molecular weight excluding hydrogens is 518 g/mol. The molecule has 0 aliphatic carbocycles. The van der Waals surface area contributed by atoms with Gasteiger partial charge in [-0.25, -0.2) is 8.42 Å². The van der Waals surface area contributed by atoms with Crippen LogP contribution >= 0.6 is 15.9 Å². The number of carbonyl (C=O) groups excluding carboxylic acids is 2. The van der Waals surface area contributed by atoms with Crippen LogP contribution in [0.4, 0.5) is 5.69 Å². The van der Waals surface area contributed by atoms with Gasteiger partial charge in [-0.05, 0) is 69.5 Å². The van der Waals surface area contributed by atoms with Gasteiger partial charge in [-0.3, -0.25) is 13.9 Å².